The summed E-state index contributed by atoms with van der Waals surface area (Å²) in [5.74, 6) is 1.78. The summed E-state index contributed by atoms with van der Waals surface area (Å²) < 4.78 is 4.96. The fraction of sp³-hybridized carbons (Fsp3) is 0.163. The van der Waals surface area contributed by atoms with Gasteiger partial charge in [0.25, 0.3) is 0 Å². The summed E-state index contributed by atoms with van der Waals surface area (Å²) in [7, 11) is 0. The smallest absolute Gasteiger partial charge is 0.187 e. The molecule has 104 heavy (non-hydrogen) atoms. The largest absolute Gasteiger partial charge is 0.309 e. The second-order valence-corrected chi connectivity index (χ2v) is 32.1. The molecule has 0 unspecified atom stereocenters. The third-order valence-electron chi connectivity index (χ3n) is 20.8. The number of aromatic nitrogens is 5. The Bertz CT molecular complexity index is 5710. The summed E-state index contributed by atoms with van der Waals surface area (Å²) in [6.45, 7) is 35.6. The van der Waals surface area contributed by atoms with Crippen LogP contribution < -0.4 is 0 Å². The Morgan fingerprint density at radius 3 is 0.904 bits per heavy atom. The van der Waals surface area contributed by atoms with E-state index in [1.54, 1.807) is 0 Å². The summed E-state index contributed by atoms with van der Waals surface area (Å²) in [6.07, 6.45) is 0. The Labute approximate surface area is 611 Å². The van der Waals surface area contributed by atoms with Gasteiger partial charge in [-0.05, 0) is 203 Å². The number of benzene rings is 13. The van der Waals surface area contributed by atoms with Crippen molar-refractivity contribution in [2.75, 3.05) is 0 Å². The third kappa shape index (κ3) is 12.6. The van der Waals surface area contributed by atoms with Crippen molar-refractivity contribution < 1.29 is 0 Å². The molecule has 16 rings (SSSR count). The zero-order valence-corrected chi connectivity index (χ0v) is 61.4. The van der Waals surface area contributed by atoms with Crippen LogP contribution in [0.3, 0.4) is 0 Å². The van der Waals surface area contributed by atoms with E-state index in [2.05, 4.69) is 370 Å². The van der Waals surface area contributed by atoms with Crippen molar-refractivity contribution in [3.63, 3.8) is 0 Å². The summed E-state index contributed by atoms with van der Waals surface area (Å²) >= 11 is 0. The SMILES string of the molecule is [C-]#[N+]c1cccc(-c2ccc(-c3cc(-c4nc(-c5cc(C(C)(C)C)cc(C(C)(C)C)c5)nc(-c5cc(C(C)(C)C)cc(C(C)(C)C)c5)n4)ccc3-n3c4ccc(-c5ccccc5)cc4c4cc(-c5ccccc5)ccc43)c(-n3c4ccc(-c5ccccc5)cc4c4cc(-c5ccccc5)ccc43)c2)c1. The molecule has 0 saturated heterocycles. The molecule has 0 amide bonds. The van der Waals surface area contributed by atoms with Gasteiger partial charge in [-0.1, -0.05) is 271 Å². The molecule has 3 heterocycles. The van der Waals surface area contributed by atoms with Crippen molar-refractivity contribution in [3.05, 3.63) is 325 Å². The van der Waals surface area contributed by atoms with Crippen LogP contribution in [0.25, 0.3) is 161 Å². The molecule has 506 valence electrons. The monoisotopic (exact) mass is 1340 g/mol. The standard InChI is InChI=1S/C98H84N6/c1-95(2,3)75-49-73(50-76(60-75)96(4,5)6)93-100-92(101-94(102-93)74-51-77(97(7,8)9)61-78(52-74)98(10,11)12)72-42-48-86(103-87-44-38-67(62-27-18-14-19-28-62)54-82(87)83-55-68(39-45-88(83)103)63-29-20-15-21-30-63)81(58-72)80-43-37-71(66-35-26-36-79(53-66)99-13)59-91(80)104-89-46-40-69(64-31-22-16-23-32-64)56-84(89)85-57-70(41-47-90(85)104)65-33-24-17-25-34-65/h14-61H,1-12H3. The van der Waals surface area contributed by atoms with E-state index < -0.39 is 0 Å². The van der Waals surface area contributed by atoms with Gasteiger partial charge in [0.1, 0.15) is 0 Å². The highest BCUT2D eigenvalue weighted by molar-refractivity contribution is 6.14. The fourth-order valence-electron chi connectivity index (χ4n) is 14.8. The van der Waals surface area contributed by atoms with Crippen LogP contribution in [-0.2, 0) is 21.7 Å². The van der Waals surface area contributed by atoms with Crippen LogP contribution in [-0.4, -0.2) is 24.1 Å². The molecule has 0 fully saturated rings. The second kappa shape index (κ2) is 25.8. The molecule has 0 bridgehead atoms. The average Bonchev–Trinajstić information content (AvgIpc) is 1.54. The maximum Gasteiger partial charge on any atom is 0.187 e. The lowest BCUT2D eigenvalue weighted by Gasteiger charge is -2.26. The molecule has 0 spiro atoms. The van der Waals surface area contributed by atoms with Crippen molar-refractivity contribution in [1.82, 2.24) is 24.1 Å². The first kappa shape index (κ1) is 66.5. The Balaban J connectivity index is 1.04. The van der Waals surface area contributed by atoms with Crippen LogP contribution in [0.2, 0.25) is 0 Å². The van der Waals surface area contributed by atoms with E-state index in [0.29, 0.717) is 23.2 Å². The first-order valence-corrected chi connectivity index (χ1v) is 36.2. The van der Waals surface area contributed by atoms with E-state index in [1.807, 2.05) is 18.2 Å². The number of nitrogens with zero attached hydrogens (tertiary/aromatic N) is 6. The predicted molar refractivity (Wildman–Crippen MR) is 438 cm³/mol. The maximum atomic E-state index is 8.22. The van der Waals surface area contributed by atoms with Gasteiger partial charge in [-0.3, -0.25) is 0 Å². The molecule has 0 atom stereocenters. The van der Waals surface area contributed by atoms with Crippen LogP contribution in [0, 0.1) is 6.57 Å². The minimum Gasteiger partial charge on any atom is -0.309 e. The number of fused-ring (bicyclic) bond motifs is 6. The second-order valence-electron chi connectivity index (χ2n) is 32.1. The molecule has 0 N–H and O–H groups in total. The summed E-state index contributed by atoms with van der Waals surface area (Å²) in [5, 5.41) is 4.54. The van der Waals surface area contributed by atoms with Crippen LogP contribution in [0.15, 0.2) is 291 Å². The van der Waals surface area contributed by atoms with Crippen molar-refractivity contribution in [1.29, 1.82) is 0 Å². The summed E-state index contributed by atoms with van der Waals surface area (Å²) in [6, 6.07) is 106. The Morgan fingerprint density at radius 2 is 0.548 bits per heavy atom. The van der Waals surface area contributed by atoms with Gasteiger partial charge in [-0.15, -0.1) is 0 Å². The van der Waals surface area contributed by atoms with Crippen molar-refractivity contribution in [3.8, 4) is 112 Å². The third-order valence-corrected chi connectivity index (χ3v) is 20.8. The van der Waals surface area contributed by atoms with E-state index in [9.17, 15) is 0 Å². The topological polar surface area (TPSA) is 52.9 Å². The molecular formula is C98H84N6. The number of hydrogen-bond acceptors (Lipinski definition) is 3. The van der Waals surface area contributed by atoms with Crippen LogP contribution in [0.5, 0.6) is 0 Å². The van der Waals surface area contributed by atoms with Gasteiger partial charge in [0.2, 0.25) is 0 Å². The zero-order valence-electron chi connectivity index (χ0n) is 61.4. The van der Waals surface area contributed by atoms with Crippen molar-refractivity contribution >= 4 is 49.3 Å². The first-order valence-electron chi connectivity index (χ1n) is 36.2. The van der Waals surface area contributed by atoms with Crippen molar-refractivity contribution in [2.45, 2.75) is 105 Å². The van der Waals surface area contributed by atoms with Crippen LogP contribution in [0.1, 0.15) is 105 Å². The first-order chi connectivity index (χ1) is 50.0. The lowest BCUT2D eigenvalue weighted by atomic mass is 9.79. The molecule has 3 aromatic heterocycles. The van der Waals surface area contributed by atoms with E-state index in [1.165, 1.54) is 22.3 Å². The molecule has 0 radical (unpaired) electrons. The minimum absolute atomic E-state index is 0.168. The molecule has 6 heteroatoms. The van der Waals surface area contributed by atoms with Crippen LogP contribution in [0.4, 0.5) is 5.69 Å². The highest BCUT2D eigenvalue weighted by Crippen LogP contribution is 2.47. The Morgan fingerprint density at radius 1 is 0.240 bits per heavy atom. The van der Waals surface area contributed by atoms with E-state index in [0.717, 1.165) is 138 Å². The Hall–Kier alpha value is -12.0. The van der Waals surface area contributed by atoms with Gasteiger partial charge in [-0.2, -0.15) is 0 Å². The normalized spacial score (nSPS) is 12.2. The number of hydrogen-bond donors (Lipinski definition) is 0. The fourth-order valence-corrected chi connectivity index (χ4v) is 14.8. The molecule has 6 nitrogen and oxygen atoms in total. The number of rotatable bonds is 11. The Kier molecular flexibility index (Phi) is 16.5. The maximum absolute atomic E-state index is 8.22. The molecule has 0 aliphatic rings. The quantitative estimate of drug-likeness (QED) is 0.121. The summed E-state index contributed by atoms with van der Waals surface area (Å²) in [4.78, 5) is 21.0. The van der Waals surface area contributed by atoms with Gasteiger partial charge in [-0.25, -0.2) is 19.8 Å². The molecule has 0 saturated carbocycles. The van der Waals surface area contributed by atoms with Crippen LogP contribution >= 0.6 is 0 Å². The van der Waals surface area contributed by atoms with Gasteiger partial charge in [0.05, 0.1) is 40.0 Å². The van der Waals surface area contributed by atoms with Gasteiger partial charge in [0, 0.05) is 49.4 Å². The molecule has 0 aliphatic heterocycles. The van der Waals surface area contributed by atoms with E-state index in [4.69, 9.17) is 21.5 Å². The lowest BCUT2D eigenvalue weighted by molar-refractivity contribution is 0.568. The van der Waals surface area contributed by atoms with Gasteiger partial charge in [0.15, 0.2) is 23.2 Å². The molecular weight excluding hydrogens is 1260 g/mol. The van der Waals surface area contributed by atoms with Gasteiger partial charge < -0.3 is 9.13 Å². The van der Waals surface area contributed by atoms with E-state index in [-0.39, 0.29) is 21.7 Å². The summed E-state index contributed by atoms with van der Waals surface area (Å²) in [5.41, 5.74) is 26.7. The molecule has 13 aromatic carbocycles. The minimum atomic E-state index is -0.168. The average molecular weight is 1350 g/mol. The highest BCUT2D eigenvalue weighted by atomic mass is 15.0. The lowest BCUT2D eigenvalue weighted by Crippen LogP contribution is -2.17. The molecule has 0 aliphatic carbocycles. The zero-order chi connectivity index (χ0) is 72.0. The van der Waals surface area contributed by atoms with E-state index >= 15 is 0 Å². The predicted octanol–water partition coefficient (Wildman–Crippen LogP) is 26.8. The van der Waals surface area contributed by atoms with Gasteiger partial charge >= 0.3 is 0 Å². The van der Waals surface area contributed by atoms with Crippen molar-refractivity contribution in [2.24, 2.45) is 0 Å². The highest BCUT2D eigenvalue weighted by Gasteiger charge is 2.29. The molecule has 16 aromatic rings.